The van der Waals surface area contributed by atoms with Gasteiger partial charge < -0.3 is 29.8 Å². The summed E-state index contributed by atoms with van der Waals surface area (Å²) in [5.41, 5.74) is 12.2. The Morgan fingerprint density at radius 1 is 1.21 bits per heavy atom. The summed E-state index contributed by atoms with van der Waals surface area (Å²) in [5.74, 6) is 2.78. The van der Waals surface area contributed by atoms with Crippen LogP contribution >= 0.6 is 0 Å². The van der Waals surface area contributed by atoms with Crippen molar-refractivity contribution >= 4 is 0 Å². The number of aromatic hydroxyl groups is 1. The minimum atomic E-state index is -0.405. The van der Waals surface area contributed by atoms with Crippen LogP contribution in [0.25, 0.3) is 0 Å². The molecule has 0 aromatic heterocycles. The van der Waals surface area contributed by atoms with Crippen LogP contribution in [0.3, 0.4) is 0 Å². The highest BCUT2D eigenvalue weighted by Crippen LogP contribution is 2.58. The van der Waals surface area contributed by atoms with E-state index in [9.17, 15) is 10.4 Å². The molecule has 4 heterocycles. The third-order valence-corrected chi connectivity index (χ3v) is 8.83. The van der Waals surface area contributed by atoms with Crippen LogP contribution in [0.2, 0.25) is 0 Å². The van der Waals surface area contributed by atoms with Gasteiger partial charge in [-0.1, -0.05) is 18.7 Å². The Hall–Kier alpha value is -3.45. The first-order chi connectivity index (χ1) is 18.4. The fraction of sp³-hybridized carbons (Fsp3) is 0.483. The van der Waals surface area contributed by atoms with Crippen LogP contribution in [0.1, 0.15) is 45.5 Å². The van der Waals surface area contributed by atoms with E-state index in [4.69, 9.17) is 24.7 Å². The van der Waals surface area contributed by atoms with E-state index in [0.29, 0.717) is 43.2 Å². The van der Waals surface area contributed by atoms with Crippen molar-refractivity contribution in [3.63, 3.8) is 0 Å². The molecule has 2 aromatic rings. The number of likely N-dealkylation sites (N-methyl/N-ethyl adjacent to an activating group) is 1. The molecule has 2 aromatic carbocycles. The van der Waals surface area contributed by atoms with Gasteiger partial charge in [-0.25, -0.2) is 0 Å². The lowest BCUT2D eigenvalue weighted by atomic mass is 9.71. The molecule has 5 atom stereocenters. The fourth-order valence-electron chi connectivity index (χ4n) is 7.40. The Kier molecular flexibility index (Phi) is 5.94. The number of methoxy groups -OCH3 is 1. The molecule has 4 aliphatic heterocycles. The smallest absolute Gasteiger partial charge is 0.231 e. The van der Waals surface area contributed by atoms with E-state index in [1.165, 1.54) is 0 Å². The van der Waals surface area contributed by atoms with E-state index in [1.54, 1.807) is 13.2 Å². The standard InChI is InChI=1S/C29H34N4O5/c1-6-7-36-27-15(3)28-29(38-13-37-28)23-17(27)10-19-24-22-16(8-14(2)26(35-5)25(22)34)9-18(32(24)4)20(11-30)33(19)21(23)12-31/h6,8,18-21,24,34H,1,7,9-10,12-13,31H2,2-5H3/t18?,19?,20-,21-,24+/m0/s1. The highest BCUT2D eigenvalue weighted by Gasteiger charge is 2.56. The van der Waals surface area contributed by atoms with Crippen molar-refractivity contribution in [3.05, 3.63) is 52.1 Å². The summed E-state index contributed by atoms with van der Waals surface area (Å²) in [6.07, 6.45) is 2.96. The molecule has 4 aliphatic rings. The summed E-state index contributed by atoms with van der Waals surface area (Å²) in [6.45, 7) is 8.52. The third-order valence-electron chi connectivity index (χ3n) is 8.83. The van der Waals surface area contributed by atoms with Crippen LogP contribution in [0, 0.1) is 25.2 Å². The molecule has 6 rings (SSSR count). The fourth-order valence-corrected chi connectivity index (χ4v) is 7.40. The molecule has 0 amide bonds. The first kappa shape index (κ1) is 24.9. The molecule has 9 nitrogen and oxygen atoms in total. The quantitative estimate of drug-likeness (QED) is 0.577. The minimum absolute atomic E-state index is 0.0660. The molecular weight excluding hydrogens is 484 g/mol. The normalized spacial score (nSPS) is 27.1. The second kappa shape index (κ2) is 9.09. The lowest BCUT2D eigenvalue weighted by Gasteiger charge is -2.60. The molecule has 0 radical (unpaired) electrons. The summed E-state index contributed by atoms with van der Waals surface area (Å²) in [7, 11) is 3.64. The Balaban J connectivity index is 1.60. The maximum absolute atomic E-state index is 11.5. The maximum Gasteiger partial charge on any atom is 0.231 e. The number of hydrogen-bond acceptors (Lipinski definition) is 9. The SMILES string of the molecule is C=CCOc1c(C)c2c(c3c1CC1[C@@H]4c5c(cc(C)c(OC)c5O)CC([C@H](C#N)N1[C@H]3CN)N4C)OCO2. The van der Waals surface area contributed by atoms with Gasteiger partial charge in [-0.15, -0.1) is 0 Å². The van der Waals surface area contributed by atoms with Crippen molar-refractivity contribution in [1.29, 1.82) is 5.26 Å². The second-order valence-corrected chi connectivity index (χ2v) is 10.6. The van der Waals surface area contributed by atoms with Gasteiger partial charge in [0.25, 0.3) is 0 Å². The highest BCUT2D eigenvalue weighted by molar-refractivity contribution is 5.66. The van der Waals surface area contributed by atoms with E-state index in [1.807, 2.05) is 13.8 Å². The molecule has 1 fully saturated rings. The van der Waals surface area contributed by atoms with Gasteiger partial charge in [0.1, 0.15) is 18.4 Å². The van der Waals surface area contributed by atoms with E-state index in [-0.39, 0.29) is 36.7 Å². The van der Waals surface area contributed by atoms with Gasteiger partial charge in [-0.2, -0.15) is 5.26 Å². The zero-order chi connectivity index (χ0) is 26.9. The van der Waals surface area contributed by atoms with Crippen molar-refractivity contribution in [2.24, 2.45) is 5.73 Å². The number of benzene rings is 2. The van der Waals surface area contributed by atoms with Gasteiger partial charge in [0.05, 0.1) is 25.3 Å². The van der Waals surface area contributed by atoms with Gasteiger partial charge in [-0.05, 0) is 44.9 Å². The Morgan fingerprint density at radius 3 is 2.66 bits per heavy atom. The van der Waals surface area contributed by atoms with Crippen molar-refractivity contribution in [2.45, 2.75) is 56.9 Å². The van der Waals surface area contributed by atoms with E-state index >= 15 is 0 Å². The van der Waals surface area contributed by atoms with Gasteiger partial charge in [0, 0.05) is 40.9 Å². The van der Waals surface area contributed by atoms with Gasteiger partial charge in [0.15, 0.2) is 23.0 Å². The minimum Gasteiger partial charge on any atom is -0.504 e. The van der Waals surface area contributed by atoms with Gasteiger partial charge in [0.2, 0.25) is 6.79 Å². The lowest BCUT2D eigenvalue weighted by molar-refractivity contribution is -0.0710. The second-order valence-electron chi connectivity index (χ2n) is 10.6. The van der Waals surface area contributed by atoms with Crippen molar-refractivity contribution in [1.82, 2.24) is 9.80 Å². The van der Waals surface area contributed by atoms with Crippen LogP contribution < -0.4 is 24.7 Å². The molecule has 0 saturated carbocycles. The Labute approximate surface area is 222 Å². The number of fused-ring (bicyclic) bond motifs is 9. The maximum atomic E-state index is 11.5. The van der Waals surface area contributed by atoms with Crippen molar-refractivity contribution in [3.8, 4) is 34.8 Å². The number of nitriles is 1. The number of piperazine rings is 1. The molecule has 200 valence electrons. The monoisotopic (exact) mass is 518 g/mol. The predicted octanol–water partition coefficient (Wildman–Crippen LogP) is 3.04. The van der Waals surface area contributed by atoms with Crippen molar-refractivity contribution in [2.75, 3.05) is 34.1 Å². The molecule has 38 heavy (non-hydrogen) atoms. The molecule has 3 N–H and O–H groups in total. The van der Waals surface area contributed by atoms with E-state index < -0.39 is 6.04 Å². The average molecular weight is 519 g/mol. The summed E-state index contributed by atoms with van der Waals surface area (Å²) in [6, 6.07) is 3.64. The van der Waals surface area contributed by atoms with Gasteiger partial charge in [-0.3, -0.25) is 9.80 Å². The summed E-state index contributed by atoms with van der Waals surface area (Å²) in [4.78, 5) is 4.52. The average Bonchev–Trinajstić information content (AvgIpc) is 3.39. The number of hydrogen-bond donors (Lipinski definition) is 2. The molecule has 2 bridgehead atoms. The van der Waals surface area contributed by atoms with Crippen LogP contribution in [-0.2, 0) is 12.8 Å². The highest BCUT2D eigenvalue weighted by atomic mass is 16.7. The number of phenols is 1. The summed E-state index contributed by atoms with van der Waals surface area (Å²) >= 11 is 0. The van der Waals surface area contributed by atoms with E-state index in [2.05, 4.69) is 35.6 Å². The predicted molar refractivity (Wildman–Crippen MR) is 141 cm³/mol. The van der Waals surface area contributed by atoms with Crippen LogP contribution in [0.15, 0.2) is 18.7 Å². The first-order valence-electron chi connectivity index (χ1n) is 13.0. The number of nitrogens with zero attached hydrogens (tertiary/aromatic N) is 3. The number of aryl methyl sites for hydroxylation is 1. The number of rotatable bonds is 5. The molecule has 2 unspecified atom stereocenters. The molecule has 0 spiro atoms. The molecule has 0 aliphatic carbocycles. The number of nitrogens with two attached hydrogens (primary N) is 1. The van der Waals surface area contributed by atoms with Gasteiger partial charge >= 0.3 is 0 Å². The van der Waals surface area contributed by atoms with Crippen LogP contribution in [0.4, 0.5) is 0 Å². The molecule has 9 heteroatoms. The summed E-state index contributed by atoms with van der Waals surface area (Å²) < 4.78 is 23.8. The van der Waals surface area contributed by atoms with E-state index in [0.717, 1.165) is 39.1 Å². The Morgan fingerprint density at radius 2 is 1.97 bits per heavy atom. The number of ether oxygens (including phenoxy) is 4. The zero-order valence-electron chi connectivity index (χ0n) is 22.3. The molecular formula is C29H34N4O5. The zero-order valence-corrected chi connectivity index (χ0v) is 22.3. The number of phenolic OH excluding ortho intramolecular Hbond substituents is 1. The Bertz CT molecular complexity index is 1370. The first-order valence-corrected chi connectivity index (χ1v) is 13.0. The third kappa shape index (κ3) is 3.20. The lowest BCUT2D eigenvalue weighted by Crippen LogP contribution is -2.68. The van der Waals surface area contributed by atoms with Crippen LogP contribution in [0.5, 0.6) is 28.7 Å². The summed E-state index contributed by atoms with van der Waals surface area (Å²) in [5, 5.41) is 22.0. The molecule has 1 saturated heterocycles. The largest absolute Gasteiger partial charge is 0.504 e. The van der Waals surface area contributed by atoms with Crippen molar-refractivity contribution < 1.29 is 24.1 Å². The topological polar surface area (TPSA) is 113 Å². The van der Waals surface area contributed by atoms with Crippen LogP contribution in [-0.4, -0.2) is 67.1 Å².